The maximum Gasteiger partial charge on any atom is 0.131 e. The number of hydrogen-bond acceptors (Lipinski definition) is 4. The molecule has 2 nitrogen and oxygen atoms in total. The van der Waals surface area contributed by atoms with Crippen LogP contribution in [0.1, 0.15) is 63.8 Å². The van der Waals surface area contributed by atoms with E-state index in [0.717, 1.165) is 65.8 Å². The Kier molecular flexibility index (Phi) is 11.5. The number of hydrogen-bond donors (Lipinski definition) is 2. The first-order valence-corrected chi connectivity index (χ1v) is 21.2. The SMILES string of the molecule is CC(C)(C)c1cc(-c2ccccc2)c(O)c(-c2ccccc2SCc2ccc(CSc3ccccc3-c3cc(C(C)(C)C)cc(-c4ccccc4)c3O)cc2)c1. The fourth-order valence-electron chi connectivity index (χ4n) is 6.91. The van der Waals surface area contributed by atoms with Crippen molar-refractivity contribution in [2.24, 2.45) is 0 Å². The second-order valence-corrected chi connectivity index (χ2v) is 18.5. The van der Waals surface area contributed by atoms with E-state index >= 15 is 0 Å². The number of rotatable bonds is 10. The van der Waals surface area contributed by atoms with Crippen molar-refractivity contribution in [2.75, 3.05) is 0 Å². The number of thioether (sulfide) groups is 2. The number of benzene rings is 7. The minimum atomic E-state index is -0.0822. The van der Waals surface area contributed by atoms with E-state index in [2.05, 4.69) is 163 Å². The molecule has 7 rings (SSSR count). The first-order valence-electron chi connectivity index (χ1n) is 19.2. The monoisotopic (exact) mass is 770 g/mol. The summed E-state index contributed by atoms with van der Waals surface area (Å²) in [6, 6.07) is 54.7. The highest BCUT2D eigenvalue weighted by molar-refractivity contribution is 7.99. The standard InChI is InChI=1S/C52H50O2S2/c1-51(2,3)39-29-43(37-17-9-7-10-18-37)49(53)45(31-39)41-21-13-15-23-47(41)55-33-35-25-27-36(28-26-35)34-56-48-24-16-14-22-42(48)46-32-40(52(4,5)6)30-44(50(46)54)38-19-11-8-12-20-38/h7-32,53-54H,33-34H2,1-6H3. The molecule has 0 aliphatic carbocycles. The van der Waals surface area contributed by atoms with Crippen molar-refractivity contribution >= 4 is 23.5 Å². The molecule has 0 heterocycles. The van der Waals surface area contributed by atoms with Gasteiger partial charge in [0.2, 0.25) is 0 Å². The highest BCUT2D eigenvalue weighted by atomic mass is 32.2. The fourth-order valence-corrected chi connectivity index (χ4v) is 8.95. The Balaban J connectivity index is 1.10. The van der Waals surface area contributed by atoms with Crippen molar-refractivity contribution in [2.45, 2.75) is 73.7 Å². The van der Waals surface area contributed by atoms with Gasteiger partial charge in [-0.2, -0.15) is 0 Å². The van der Waals surface area contributed by atoms with Gasteiger partial charge >= 0.3 is 0 Å². The molecule has 0 saturated carbocycles. The van der Waals surface area contributed by atoms with Crippen molar-refractivity contribution in [3.05, 3.63) is 180 Å². The van der Waals surface area contributed by atoms with Gasteiger partial charge in [0, 0.05) is 43.6 Å². The lowest BCUT2D eigenvalue weighted by atomic mass is 9.82. The van der Waals surface area contributed by atoms with Crippen LogP contribution in [0.15, 0.2) is 168 Å². The van der Waals surface area contributed by atoms with Gasteiger partial charge in [-0.1, -0.05) is 163 Å². The van der Waals surface area contributed by atoms with E-state index in [-0.39, 0.29) is 10.8 Å². The van der Waals surface area contributed by atoms with Crippen LogP contribution in [0.2, 0.25) is 0 Å². The minimum Gasteiger partial charge on any atom is -0.507 e. The molecule has 0 aromatic heterocycles. The quantitative estimate of drug-likeness (QED) is 0.136. The van der Waals surface area contributed by atoms with Crippen molar-refractivity contribution in [3.8, 4) is 56.0 Å². The first-order chi connectivity index (χ1) is 26.9. The summed E-state index contributed by atoms with van der Waals surface area (Å²) in [6.07, 6.45) is 0. The average Bonchev–Trinajstić information content (AvgIpc) is 3.20. The van der Waals surface area contributed by atoms with Crippen LogP contribution < -0.4 is 0 Å². The molecule has 4 heteroatoms. The zero-order valence-electron chi connectivity index (χ0n) is 33.1. The van der Waals surface area contributed by atoms with Crippen LogP contribution >= 0.6 is 23.5 Å². The number of phenolic OH excluding ortho intramolecular Hbond substituents is 2. The van der Waals surface area contributed by atoms with Gasteiger partial charge in [0.1, 0.15) is 11.5 Å². The van der Waals surface area contributed by atoms with E-state index in [1.807, 2.05) is 36.4 Å². The summed E-state index contributed by atoms with van der Waals surface area (Å²) in [6.45, 7) is 13.3. The van der Waals surface area contributed by atoms with E-state index < -0.39 is 0 Å². The molecule has 7 aromatic rings. The molecule has 7 aromatic carbocycles. The summed E-state index contributed by atoms with van der Waals surface area (Å²) in [5, 5.41) is 23.5. The molecule has 282 valence electrons. The topological polar surface area (TPSA) is 40.5 Å². The zero-order chi connectivity index (χ0) is 39.5. The normalized spacial score (nSPS) is 11.8. The van der Waals surface area contributed by atoms with Crippen molar-refractivity contribution < 1.29 is 10.2 Å². The van der Waals surface area contributed by atoms with Crippen molar-refractivity contribution in [3.63, 3.8) is 0 Å². The molecule has 0 saturated heterocycles. The van der Waals surface area contributed by atoms with Gasteiger partial charge < -0.3 is 10.2 Å². The predicted molar refractivity (Wildman–Crippen MR) is 241 cm³/mol. The van der Waals surface area contributed by atoms with Crippen LogP contribution in [-0.2, 0) is 22.3 Å². The largest absolute Gasteiger partial charge is 0.507 e. The third-order valence-electron chi connectivity index (χ3n) is 10.3. The van der Waals surface area contributed by atoms with Gasteiger partial charge in [0.05, 0.1) is 0 Å². The number of phenols is 2. The second kappa shape index (κ2) is 16.5. The highest BCUT2D eigenvalue weighted by Gasteiger charge is 2.23. The van der Waals surface area contributed by atoms with E-state index in [0.29, 0.717) is 11.5 Å². The zero-order valence-corrected chi connectivity index (χ0v) is 34.8. The van der Waals surface area contributed by atoms with Gasteiger partial charge in [-0.15, -0.1) is 23.5 Å². The fraction of sp³-hybridized carbons (Fsp3) is 0.192. The van der Waals surface area contributed by atoms with Crippen molar-refractivity contribution in [1.82, 2.24) is 0 Å². The molecule has 0 bridgehead atoms. The summed E-state index contributed by atoms with van der Waals surface area (Å²) in [5.41, 5.74) is 12.2. The van der Waals surface area contributed by atoms with Crippen LogP contribution in [0.5, 0.6) is 11.5 Å². The third-order valence-corrected chi connectivity index (χ3v) is 12.6. The third kappa shape index (κ3) is 8.78. The average molecular weight is 771 g/mol. The lowest BCUT2D eigenvalue weighted by molar-refractivity contribution is 0.477. The summed E-state index contributed by atoms with van der Waals surface area (Å²) in [7, 11) is 0. The molecular formula is C52H50O2S2. The molecule has 0 unspecified atom stereocenters. The minimum absolute atomic E-state index is 0.0822. The van der Waals surface area contributed by atoms with Gasteiger partial charge in [-0.3, -0.25) is 0 Å². The van der Waals surface area contributed by atoms with E-state index in [1.54, 1.807) is 23.5 Å². The van der Waals surface area contributed by atoms with Crippen LogP contribution in [0.4, 0.5) is 0 Å². The highest BCUT2D eigenvalue weighted by Crippen LogP contribution is 2.46. The van der Waals surface area contributed by atoms with E-state index in [1.165, 1.54) is 22.3 Å². The summed E-state index contributed by atoms with van der Waals surface area (Å²) < 4.78 is 0. The van der Waals surface area contributed by atoms with E-state index in [4.69, 9.17) is 0 Å². The Bertz CT molecular complexity index is 2260. The van der Waals surface area contributed by atoms with Crippen LogP contribution in [0.3, 0.4) is 0 Å². The first kappa shape index (κ1) is 39.1. The molecule has 0 atom stereocenters. The van der Waals surface area contributed by atoms with Crippen LogP contribution in [0.25, 0.3) is 44.5 Å². The number of aromatic hydroxyl groups is 2. The molecule has 0 fully saturated rings. The maximum atomic E-state index is 11.7. The summed E-state index contributed by atoms with van der Waals surface area (Å²) in [4.78, 5) is 2.27. The Labute approximate surface area is 341 Å². The van der Waals surface area contributed by atoms with E-state index in [9.17, 15) is 10.2 Å². The Morgan fingerprint density at radius 1 is 0.375 bits per heavy atom. The Morgan fingerprint density at radius 3 is 1.05 bits per heavy atom. The lowest BCUT2D eigenvalue weighted by Gasteiger charge is -2.23. The van der Waals surface area contributed by atoms with Crippen molar-refractivity contribution in [1.29, 1.82) is 0 Å². The van der Waals surface area contributed by atoms with Gasteiger partial charge in [-0.25, -0.2) is 0 Å². The summed E-state index contributed by atoms with van der Waals surface area (Å²) in [5.74, 6) is 2.25. The van der Waals surface area contributed by atoms with Crippen LogP contribution in [0, 0.1) is 0 Å². The molecule has 0 radical (unpaired) electrons. The van der Waals surface area contributed by atoms with Gasteiger partial charge in [-0.05, 0) is 91.7 Å². The lowest BCUT2D eigenvalue weighted by Crippen LogP contribution is -2.11. The summed E-state index contributed by atoms with van der Waals surface area (Å²) >= 11 is 3.60. The second-order valence-electron chi connectivity index (χ2n) is 16.5. The molecule has 0 aliphatic rings. The molecule has 0 aliphatic heterocycles. The van der Waals surface area contributed by atoms with Gasteiger partial charge in [0.25, 0.3) is 0 Å². The molecule has 0 amide bonds. The Hall–Kier alpha value is -5.16. The molecular weight excluding hydrogens is 721 g/mol. The molecule has 56 heavy (non-hydrogen) atoms. The smallest absolute Gasteiger partial charge is 0.131 e. The molecule has 0 spiro atoms. The molecule has 2 N–H and O–H groups in total. The predicted octanol–water partition coefficient (Wildman–Crippen LogP) is 14.9. The van der Waals surface area contributed by atoms with Gasteiger partial charge in [0.15, 0.2) is 0 Å². The maximum absolute atomic E-state index is 11.7. The Morgan fingerprint density at radius 2 is 0.696 bits per heavy atom. The van der Waals surface area contributed by atoms with Crippen LogP contribution in [-0.4, -0.2) is 10.2 Å².